The van der Waals surface area contributed by atoms with Crippen LogP contribution in [0.1, 0.15) is 64.4 Å². The van der Waals surface area contributed by atoms with E-state index >= 15 is 0 Å². The van der Waals surface area contributed by atoms with Crippen LogP contribution in [-0.4, -0.2) is 44.7 Å². The van der Waals surface area contributed by atoms with Gasteiger partial charge in [0.25, 0.3) is 0 Å². The van der Waals surface area contributed by atoms with Gasteiger partial charge < -0.3 is 24.3 Å². The number of allylic oxidation sites excluding steroid dienone is 3. The third-order valence-corrected chi connectivity index (χ3v) is 7.36. The molecule has 0 spiro atoms. The number of methoxy groups -OCH3 is 2. The fourth-order valence-corrected chi connectivity index (χ4v) is 5.64. The third-order valence-electron chi connectivity index (χ3n) is 7.36. The molecule has 8 nitrogen and oxygen atoms in total. The number of esters is 2. The summed E-state index contributed by atoms with van der Waals surface area (Å²) >= 11 is 0. The first-order chi connectivity index (χ1) is 17.3. The van der Waals surface area contributed by atoms with Gasteiger partial charge in [0.15, 0.2) is 17.3 Å². The summed E-state index contributed by atoms with van der Waals surface area (Å²) in [4.78, 5) is 40.1. The van der Waals surface area contributed by atoms with Gasteiger partial charge in [-0.1, -0.05) is 13.0 Å². The first kappa shape index (κ1) is 25.8. The molecule has 3 aliphatic rings. The molecule has 1 aliphatic heterocycles. The van der Waals surface area contributed by atoms with Gasteiger partial charge in [-0.3, -0.25) is 9.59 Å². The number of hydrogen-bond donors (Lipinski definition) is 1. The Balaban J connectivity index is 1.84. The molecule has 8 heteroatoms. The predicted molar refractivity (Wildman–Crippen MR) is 132 cm³/mol. The van der Waals surface area contributed by atoms with Crippen LogP contribution >= 0.6 is 0 Å². The first-order valence-corrected chi connectivity index (χ1v) is 12.6. The molecule has 0 amide bonds. The van der Waals surface area contributed by atoms with E-state index in [9.17, 15) is 14.4 Å². The number of carbonyl (C=O) groups is 3. The van der Waals surface area contributed by atoms with Crippen molar-refractivity contribution in [2.45, 2.75) is 64.9 Å². The molecular formula is C28H35NO7. The summed E-state index contributed by atoms with van der Waals surface area (Å²) in [5.41, 5.74) is 2.83. The highest BCUT2D eigenvalue weighted by atomic mass is 16.5. The number of benzene rings is 1. The van der Waals surface area contributed by atoms with Crippen molar-refractivity contribution in [3.63, 3.8) is 0 Å². The van der Waals surface area contributed by atoms with Crippen molar-refractivity contribution < 1.29 is 33.3 Å². The zero-order valence-electron chi connectivity index (χ0n) is 21.6. The van der Waals surface area contributed by atoms with Gasteiger partial charge in [0, 0.05) is 22.9 Å². The SMILES string of the molecule is CCOc1ccc([C@@H]2C(C(=O)OC3CCCC3)=C(C)NC3=C2C(=O)[C@H](C(=O)OC)[C@H](C)C3)cc1OC. The quantitative estimate of drug-likeness (QED) is 0.442. The average molecular weight is 498 g/mol. The van der Waals surface area contributed by atoms with E-state index in [-0.39, 0.29) is 17.8 Å². The summed E-state index contributed by atoms with van der Waals surface area (Å²) in [5, 5.41) is 3.30. The van der Waals surface area contributed by atoms with Crippen molar-refractivity contribution in [1.82, 2.24) is 5.32 Å². The standard InChI is InChI=1S/C28H35NO7/c1-6-35-20-12-11-17(14-21(20)33-4)24-23(28(32)36-18-9-7-8-10-18)16(3)29-19-13-15(2)22(27(31)34-5)26(30)25(19)24/h11-12,14-15,18,22,24,29H,6-10,13H2,1-5H3/t15-,22-,24-/m1/s1. The summed E-state index contributed by atoms with van der Waals surface area (Å²) in [6.07, 6.45) is 4.08. The van der Waals surface area contributed by atoms with Gasteiger partial charge in [-0.05, 0) is 69.6 Å². The van der Waals surface area contributed by atoms with Crippen molar-refractivity contribution in [3.8, 4) is 11.5 Å². The number of ether oxygens (including phenoxy) is 4. The topological polar surface area (TPSA) is 100 Å². The Hall–Kier alpha value is -3.29. The molecule has 0 unspecified atom stereocenters. The van der Waals surface area contributed by atoms with Crippen molar-refractivity contribution >= 4 is 17.7 Å². The summed E-state index contributed by atoms with van der Waals surface area (Å²) in [6.45, 7) is 6.04. The molecule has 1 aromatic carbocycles. The minimum Gasteiger partial charge on any atom is -0.493 e. The fourth-order valence-electron chi connectivity index (χ4n) is 5.64. The van der Waals surface area contributed by atoms with E-state index in [2.05, 4.69) is 5.32 Å². The molecule has 1 heterocycles. The molecule has 1 fully saturated rings. The highest BCUT2D eigenvalue weighted by molar-refractivity contribution is 6.12. The highest BCUT2D eigenvalue weighted by Crippen LogP contribution is 2.47. The molecule has 1 aromatic rings. The number of Topliss-reactive ketones (excluding diaryl/α,β-unsaturated/α-hetero) is 1. The second kappa shape index (κ2) is 10.8. The van der Waals surface area contributed by atoms with Crippen molar-refractivity contribution in [1.29, 1.82) is 0 Å². The maximum Gasteiger partial charge on any atom is 0.337 e. The van der Waals surface area contributed by atoms with Gasteiger partial charge in [-0.25, -0.2) is 4.79 Å². The summed E-state index contributed by atoms with van der Waals surface area (Å²) in [6, 6.07) is 5.41. The molecule has 194 valence electrons. The first-order valence-electron chi connectivity index (χ1n) is 12.6. The lowest BCUT2D eigenvalue weighted by molar-refractivity contribution is -0.151. The smallest absolute Gasteiger partial charge is 0.337 e. The molecule has 36 heavy (non-hydrogen) atoms. The lowest BCUT2D eigenvalue weighted by Crippen LogP contribution is -2.43. The average Bonchev–Trinajstić information content (AvgIpc) is 3.36. The van der Waals surface area contributed by atoms with Gasteiger partial charge in [0.1, 0.15) is 12.0 Å². The molecule has 0 aromatic heterocycles. The molecular weight excluding hydrogens is 462 g/mol. The Morgan fingerprint density at radius 1 is 1.11 bits per heavy atom. The van der Waals surface area contributed by atoms with Crippen molar-refractivity contribution in [3.05, 3.63) is 46.3 Å². The number of carbonyl (C=O) groups excluding carboxylic acids is 3. The van der Waals surface area contributed by atoms with E-state index in [1.54, 1.807) is 19.2 Å². The minimum absolute atomic E-state index is 0.131. The number of dihydropyridines is 1. The van der Waals surface area contributed by atoms with Gasteiger partial charge in [0.05, 0.1) is 26.4 Å². The van der Waals surface area contributed by atoms with E-state index in [4.69, 9.17) is 18.9 Å². The largest absolute Gasteiger partial charge is 0.493 e. The molecule has 1 saturated carbocycles. The zero-order chi connectivity index (χ0) is 26.0. The van der Waals surface area contributed by atoms with Crippen LogP contribution in [0.4, 0.5) is 0 Å². The molecule has 0 radical (unpaired) electrons. The third kappa shape index (κ3) is 4.73. The van der Waals surface area contributed by atoms with Gasteiger partial charge >= 0.3 is 11.9 Å². The summed E-state index contributed by atoms with van der Waals surface area (Å²) in [5.74, 6) is -2.18. The number of hydrogen-bond acceptors (Lipinski definition) is 8. The van der Waals surface area contributed by atoms with Crippen LogP contribution in [0.3, 0.4) is 0 Å². The molecule has 0 saturated heterocycles. The Kier molecular flexibility index (Phi) is 7.71. The Bertz CT molecular complexity index is 1110. The maximum atomic E-state index is 13.9. The lowest BCUT2D eigenvalue weighted by atomic mass is 9.69. The normalized spacial score (nSPS) is 24.2. The lowest BCUT2D eigenvalue weighted by Gasteiger charge is -2.38. The van der Waals surface area contributed by atoms with Crippen LogP contribution in [0.2, 0.25) is 0 Å². The monoisotopic (exact) mass is 497 g/mol. The second-order valence-corrected chi connectivity index (χ2v) is 9.69. The Labute approximate surface area is 212 Å². The van der Waals surface area contributed by atoms with E-state index in [1.165, 1.54) is 7.11 Å². The maximum absolute atomic E-state index is 13.9. The van der Waals surface area contributed by atoms with E-state index in [0.717, 1.165) is 31.4 Å². The van der Waals surface area contributed by atoms with Crippen LogP contribution in [0.25, 0.3) is 0 Å². The molecule has 1 N–H and O–H groups in total. The van der Waals surface area contributed by atoms with Gasteiger partial charge in [0.2, 0.25) is 0 Å². The van der Waals surface area contributed by atoms with Crippen LogP contribution in [0.15, 0.2) is 40.7 Å². The van der Waals surface area contributed by atoms with Crippen molar-refractivity contribution in [2.24, 2.45) is 11.8 Å². The van der Waals surface area contributed by atoms with Gasteiger partial charge in [-0.2, -0.15) is 0 Å². The Morgan fingerprint density at radius 3 is 2.47 bits per heavy atom. The zero-order valence-corrected chi connectivity index (χ0v) is 21.6. The summed E-state index contributed by atoms with van der Waals surface area (Å²) < 4.78 is 22.1. The minimum atomic E-state index is -0.937. The van der Waals surface area contributed by atoms with Gasteiger partial charge in [-0.15, -0.1) is 0 Å². The van der Waals surface area contributed by atoms with Crippen LogP contribution in [-0.2, 0) is 23.9 Å². The highest BCUT2D eigenvalue weighted by Gasteiger charge is 2.47. The van der Waals surface area contributed by atoms with Crippen LogP contribution < -0.4 is 14.8 Å². The number of nitrogens with one attached hydrogen (secondary N) is 1. The molecule has 4 rings (SSSR count). The molecule has 2 aliphatic carbocycles. The Morgan fingerprint density at radius 2 is 1.83 bits per heavy atom. The fraction of sp³-hybridized carbons (Fsp3) is 0.536. The second-order valence-electron chi connectivity index (χ2n) is 9.69. The van der Waals surface area contributed by atoms with Crippen LogP contribution in [0, 0.1) is 11.8 Å². The molecule has 3 atom stereocenters. The van der Waals surface area contributed by atoms with Crippen LogP contribution in [0.5, 0.6) is 11.5 Å². The predicted octanol–water partition coefficient (Wildman–Crippen LogP) is 4.19. The number of ketones is 1. The number of rotatable bonds is 7. The summed E-state index contributed by atoms with van der Waals surface area (Å²) in [7, 11) is 2.83. The van der Waals surface area contributed by atoms with E-state index in [1.807, 2.05) is 26.8 Å². The molecule has 0 bridgehead atoms. The van der Waals surface area contributed by atoms with Crippen molar-refractivity contribution in [2.75, 3.05) is 20.8 Å². The van der Waals surface area contributed by atoms with E-state index < -0.39 is 23.8 Å². The van der Waals surface area contributed by atoms with E-state index in [0.29, 0.717) is 46.9 Å².